The summed E-state index contributed by atoms with van der Waals surface area (Å²) in [4.78, 5) is 42.2. The maximum Gasteiger partial charge on any atom is 0.411 e. The number of amides is 3. The first-order valence-electron chi connectivity index (χ1n) is 17.6. The first-order valence-corrected chi connectivity index (χ1v) is 17.6. The SMILES string of the molecule is CN(CCCCC(=O)Nc1ccc(C2OCCO2)cc1)C(=O)CCN1CC2CC(OC(=O)Nc3ccccc3-c3ccccc3)CC2C1.CO. The van der Waals surface area contributed by atoms with E-state index in [2.05, 4.69) is 15.5 Å². The lowest BCUT2D eigenvalue weighted by Gasteiger charge is -2.21. The molecule has 2 atom stereocenters. The van der Waals surface area contributed by atoms with Crippen LogP contribution in [0.5, 0.6) is 0 Å². The zero-order valence-electron chi connectivity index (χ0n) is 29.1. The van der Waals surface area contributed by atoms with Gasteiger partial charge in [-0.3, -0.25) is 14.9 Å². The lowest BCUT2D eigenvalue weighted by molar-refractivity contribution is -0.130. The molecule has 3 aromatic carbocycles. The van der Waals surface area contributed by atoms with Gasteiger partial charge in [-0.05, 0) is 61.3 Å². The van der Waals surface area contributed by atoms with Gasteiger partial charge < -0.3 is 34.4 Å². The molecule has 3 aromatic rings. The Balaban J connectivity index is 0.00000239. The molecule has 1 saturated carbocycles. The number of aliphatic hydroxyl groups is 1. The van der Waals surface area contributed by atoms with Crippen molar-refractivity contribution < 1.29 is 33.7 Å². The van der Waals surface area contributed by atoms with E-state index in [-0.39, 0.29) is 24.2 Å². The summed E-state index contributed by atoms with van der Waals surface area (Å²) in [7, 11) is 2.84. The molecule has 0 aromatic heterocycles. The van der Waals surface area contributed by atoms with Crippen LogP contribution in [-0.4, -0.2) is 92.5 Å². The minimum absolute atomic E-state index is 0.0358. The molecule has 1 aliphatic carbocycles. The molecule has 50 heavy (non-hydrogen) atoms. The van der Waals surface area contributed by atoms with Crippen molar-refractivity contribution in [1.82, 2.24) is 9.80 Å². The van der Waals surface area contributed by atoms with E-state index in [0.717, 1.165) is 74.1 Å². The number of para-hydroxylation sites is 1. The Morgan fingerprint density at radius 3 is 2.20 bits per heavy atom. The molecule has 2 unspecified atom stereocenters. The molecular formula is C39H50N4O7. The second-order valence-electron chi connectivity index (χ2n) is 13.1. The Morgan fingerprint density at radius 2 is 1.50 bits per heavy atom. The predicted octanol–water partition coefficient (Wildman–Crippen LogP) is 5.92. The lowest BCUT2D eigenvalue weighted by Crippen LogP contribution is -2.33. The van der Waals surface area contributed by atoms with Crippen LogP contribution in [0.2, 0.25) is 0 Å². The summed E-state index contributed by atoms with van der Waals surface area (Å²) in [5.41, 5.74) is 4.42. The third-order valence-corrected chi connectivity index (χ3v) is 9.61. The standard InChI is InChI=1S/C38H46N4O6.CH4O/c1-41(19-8-7-13-35(43)39-31-16-14-28(15-17-31)37-46-21-22-47-37)36(44)18-20-42-25-29-23-32(24-30(29)26-42)48-38(45)40-34-12-6-5-11-33(34)27-9-3-2-4-10-27;1-2/h2-6,9-12,14-17,29-30,32,37H,7-8,13,18-26H2,1H3,(H,39,43)(H,40,45);2H,1H3. The zero-order valence-corrected chi connectivity index (χ0v) is 29.1. The van der Waals surface area contributed by atoms with Gasteiger partial charge in [0, 0.05) is 70.0 Å². The van der Waals surface area contributed by atoms with Crippen LogP contribution in [0.1, 0.15) is 50.4 Å². The minimum atomic E-state index is -0.412. The summed E-state index contributed by atoms with van der Waals surface area (Å²) in [5, 5.41) is 12.9. The van der Waals surface area contributed by atoms with Gasteiger partial charge in [-0.2, -0.15) is 0 Å². The highest BCUT2D eigenvalue weighted by molar-refractivity contribution is 5.92. The average molecular weight is 687 g/mol. The first-order chi connectivity index (χ1) is 24.4. The van der Waals surface area contributed by atoms with Crippen LogP contribution in [0.15, 0.2) is 78.9 Å². The molecule has 11 nitrogen and oxygen atoms in total. The molecule has 0 bridgehead atoms. The van der Waals surface area contributed by atoms with Crippen molar-refractivity contribution in [1.29, 1.82) is 0 Å². The van der Waals surface area contributed by atoms with Crippen molar-refractivity contribution in [3.05, 3.63) is 84.4 Å². The topological polar surface area (TPSA) is 130 Å². The second kappa shape index (κ2) is 18.6. The average Bonchev–Trinajstić information content (AvgIpc) is 3.89. The molecule has 3 aliphatic rings. The number of anilines is 2. The van der Waals surface area contributed by atoms with Crippen LogP contribution in [0.3, 0.4) is 0 Å². The van der Waals surface area contributed by atoms with E-state index >= 15 is 0 Å². The van der Waals surface area contributed by atoms with E-state index in [9.17, 15) is 14.4 Å². The number of benzene rings is 3. The highest BCUT2D eigenvalue weighted by Gasteiger charge is 2.42. The Morgan fingerprint density at radius 1 is 0.840 bits per heavy atom. The van der Waals surface area contributed by atoms with Gasteiger partial charge in [-0.15, -0.1) is 0 Å². The third kappa shape index (κ3) is 10.4. The van der Waals surface area contributed by atoms with E-state index in [1.54, 1.807) is 4.90 Å². The van der Waals surface area contributed by atoms with Gasteiger partial charge in [0.25, 0.3) is 0 Å². The van der Waals surface area contributed by atoms with E-state index < -0.39 is 6.09 Å². The van der Waals surface area contributed by atoms with Gasteiger partial charge in [0.1, 0.15) is 6.10 Å². The molecule has 3 amide bonds. The van der Waals surface area contributed by atoms with Crippen molar-refractivity contribution in [2.75, 3.05) is 64.2 Å². The second-order valence-corrected chi connectivity index (χ2v) is 13.1. The number of hydrogen-bond donors (Lipinski definition) is 3. The number of fused-ring (bicyclic) bond motifs is 1. The number of unbranched alkanes of at least 4 members (excludes halogenated alkanes) is 1. The molecule has 0 radical (unpaired) electrons. The molecule has 2 aliphatic heterocycles. The fraction of sp³-hybridized carbons (Fsp3) is 0.462. The molecule has 3 N–H and O–H groups in total. The van der Waals surface area contributed by atoms with Gasteiger partial charge in [0.2, 0.25) is 11.8 Å². The highest BCUT2D eigenvalue weighted by Crippen LogP contribution is 2.40. The fourth-order valence-electron chi connectivity index (χ4n) is 7.07. The number of aliphatic hydroxyl groups excluding tert-OH is 1. The Hall–Kier alpha value is -4.29. The quantitative estimate of drug-likeness (QED) is 0.189. The maximum absolute atomic E-state index is 12.8. The molecule has 6 rings (SSSR count). The molecule has 2 saturated heterocycles. The number of carbonyl (C=O) groups excluding carboxylic acids is 3. The normalized spacial score (nSPS) is 20.0. The highest BCUT2D eigenvalue weighted by atomic mass is 16.7. The van der Waals surface area contributed by atoms with Gasteiger partial charge in [0.15, 0.2) is 6.29 Å². The monoisotopic (exact) mass is 686 g/mol. The lowest BCUT2D eigenvalue weighted by atomic mass is 10.0. The van der Waals surface area contributed by atoms with E-state index in [0.29, 0.717) is 50.9 Å². The summed E-state index contributed by atoms with van der Waals surface area (Å²) < 4.78 is 16.9. The first kappa shape index (κ1) is 37.0. The van der Waals surface area contributed by atoms with Gasteiger partial charge >= 0.3 is 6.09 Å². The van der Waals surface area contributed by atoms with Crippen LogP contribution in [-0.2, 0) is 23.8 Å². The van der Waals surface area contributed by atoms with E-state index in [4.69, 9.17) is 19.3 Å². The summed E-state index contributed by atoms with van der Waals surface area (Å²) in [6.07, 6.45) is 3.24. The number of ether oxygens (including phenoxy) is 3. The Labute approximate surface area is 294 Å². The predicted molar refractivity (Wildman–Crippen MR) is 192 cm³/mol. The fourth-order valence-corrected chi connectivity index (χ4v) is 7.07. The Kier molecular flexibility index (Phi) is 13.8. The summed E-state index contributed by atoms with van der Waals surface area (Å²) in [6.45, 7) is 4.41. The minimum Gasteiger partial charge on any atom is -0.446 e. The molecule has 2 heterocycles. The smallest absolute Gasteiger partial charge is 0.411 e. The van der Waals surface area contributed by atoms with Crippen molar-refractivity contribution in [2.45, 2.75) is 50.9 Å². The molecule has 0 spiro atoms. The summed E-state index contributed by atoms with van der Waals surface area (Å²) in [5.74, 6) is 1.05. The number of nitrogens with one attached hydrogen (secondary N) is 2. The summed E-state index contributed by atoms with van der Waals surface area (Å²) in [6, 6.07) is 25.3. The van der Waals surface area contributed by atoms with Crippen molar-refractivity contribution in [2.24, 2.45) is 11.8 Å². The van der Waals surface area contributed by atoms with Crippen LogP contribution in [0.25, 0.3) is 11.1 Å². The van der Waals surface area contributed by atoms with Crippen LogP contribution in [0, 0.1) is 11.8 Å². The van der Waals surface area contributed by atoms with E-state index in [1.807, 2.05) is 85.9 Å². The number of rotatable bonds is 13. The van der Waals surface area contributed by atoms with Crippen LogP contribution in [0.4, 0.5) is 16.2 Å². The van der Waals surface area contributed by atoms with Crippen LogP contribution < -0.4 is 10.6 Å². The Bertz CT molecular complexity index is 1520. The number of carbonyl (C=O) groups is 3. The number of likely N-dealkylation sites (tertiary alicyclic amines) is 1. The van der Waals surface area contributed by atoms with Crippen molar-refractivity contribution in [3.8, 4) is 11.1 Å². The van der Waals surface area contributed by atoms with E-state index in [1.165, 1.54) is 0 Å². The van der Waals surface area contributed by atoms with Crippen molar-refractivity contribution in [3.63, 3.8) is 0 Å². The van der Waals surface area contributed by atoms with Crippen molar-refractivity contribution >= 4 is 29.3 Å². The molecule has 11 heteroatoms. The number of nitrogens with zero attached hydrogens (tertiary/aromatic N) is 2. The van der Waals surface area contributed by atoms with Gasteiger partial charge in [-0.1, -0.05) is 60.7 Å². The number of hydrogen-bond acceptors (Lipinski definition) is 8. The third-order valence-electron chi connectivity index (χ3n) is 9.61. The molecular weight excluding hydrogens is 636 g/mol. The summed E-state index contributed by atoms with van der Waals surface area (Å²) >= 11 is 0. The largest absolute Gasteiger partial charge is 0.446 e. The molecule has 268 valence electrons. The van der Waals surface area contributed by atoms with Gasteiger partial charge in [-0.25, -0.2) is 4.79 Å². The maximum atomic E-state index is 12.8. The molecule has 3 fully saturated rings. The zero-order chi connectivity index (χ0) is 35.3. The van der Waals surface area contributed by atoms with Gasteiger partial charge in [0.05, 0.1) is 18.9 Å². The van der Waals surface area contributed by atoms with Crippen LogP contribution >= 0.6 is 0 Å².